The number of hydrogen-bond donors (Lipinski definition) is 2. The van der Waals surface area contributed by atoms with Crippen LogP contribution < -0.4 is 10.2 Å². The molecule has 1 aromatic carbocycles. The minimum atomic E-state index is -0.0926. The average molecular weight is 343 g/mol. The van der Waals surface area contributed by atoms with E-state index < -0.39 is 0 Å². The van der Waals surface area contributed by atoms with E-state index in [4.69, 9.17) is 4.74 Å². The third-order valence-corrected chi connectivity index (χ3v) is 4.15. The highest BCUT2D eigenvalue weighted by molar-refractivity contribution is 9.10. The Morgan fingerprint density at radius 1 is 1.55 bits per heavy atom. The van der Waals surface area contributed by atoms with Crippen molar-refractivity contribution >= 4 is 21.6 Å². The van der Waals surface area contributed by atoms with E-state index in [0.717, 1.165) is 24.1 Å². The zero-order valence-corrected chi connectivity index (χ0v) is 13.7. The lowest BCUT2D eigenvalue weighted by atomic mass is 10.0. The Labute approximate surface area is 129 Å². The number of aliphatic hydroxyl groups excluding tert-OH is 1. The Bertz CT molecular complexity index is 442. The number of aliphatic hydroxyl groups is 1. The van der Waals surface area contributed by atoms with E-state index >= 15 is 0 Å². The second-order valence-electron chi connectivity index (χ2n) is 5.10. The molecule has 0 bridgehead atoms. The van der Waals surface area contributed by atoms with E-state index in [1.165, 1.54) is 11.3 Å². The lowest BCUT2D eigenvalue weighted by Crippen LogP contribution is -2.44. The van der Waals surface area contributed by atoms with Gasteiger partial charge in [0.2, 0.25) is 0 Å². The maximum absolute atomic E-state index is 9.30. The first kappa shape index (κ1) is 15.8. The van der Waals surface area contributed by atoms with Crippen molar-refractivity contribution in [1.82, 2.24) is 5.32 Å². The molecule has 1 aliphatic rings. The van der Waals surface area contributed by atoms with Crippen LogP contribution in [0.3, 0.4) is 0 Å². The molecule has 1 aliphatic heterocycles. The smallest absolute Gasteiger partial charge is 0.0980 e. The summed E-state index contributed by atoms with van der Waals surface area (Å²) < 4.78 is 6.61. The summed E-state index contributed by atoms with van der Waals surface area (Å²) in [5.74, 6) is 0. The molecular formula is C15H23BrN2O2. The number of ether oxygens (including phenoxy) is 1. The molecule has 1 aromatic rings. The van der Waals surface area contributed by atoms with Gasteiger partial charge in [0.25, 0.3) is 0 Å². The van der Waals surface area contributed by atoms with Gasteiger partial charge in [-0.1, -0.05) is 28.9 Å². The molecule has 1 fully saturated rings. The van der Waals surface area contributed by atoms with Crippen molar-refractivity contribution in [3.63, 3.8) is 0 Å². The van der Waals surface area contributed by atoms with Crippen LogP contribution in [0.5, 0.6) is 0 Å². The molecule has 20 heavy (non-hydrogen) atoms. The molecule has 2 unspecified atom stereocenters. The molecule has 2 atom stereocenters. The normalized spacial score (nSPS) is 21.0. The van der Waals surface area contributed by atoms with Gasteiger partial charge in [0.05, 0.1) is 19.3 Å². The van der Waals surface area contributed by atoms with Crippen molar-refractivity contribution in [2.75, 3.05) is 37.7 Å². The highest BCUT2D eigenvalue weighted by atomic mass is 79.9. The molecule has 0 spiro atoms. The van der Waals surface area contributed by atoms with Crippen LogP contribution >= 0.6 is 15.9 Å². The van der Waals surface area contributed by atoms with Gasteiger partial charge < -0.3 is 20.1 Å². The van der Waals surface area contributed by atoms with Gasteiger partial charge in [0.1, 0.15) is 0 Å². The molecule has 1 heterocycles. The summed E-state index contributed by atoms with van der Waals surface area (Å²) in [4.78, 5) is 2.30. The Hall–Kier alpha value is -0.620. The first-order chi connectivity index (χ1) is 9.65. The number of morpholine rings is 1. The lowest BCUT2D eigenvalue weighted by Gasteiger charge is -2.36. The summed E-state index contributed by atoms with van der Waals surface area (Å²) in [6, 6.07) is 6.70. The quantitative estimate of drug-likeness (QED) is 0.861. The standard InChI is InChI=1S/C15H23BrN2O2/c1-3-17-11(2)14-5-4-12(16)8-15(14)18-6-7-20-13(9-18)10-19/h4-5,8,11,13,17,19H,3,6-7,9-10H2,1-2H3. The molecule has 112 valence electrons. The highest BCUT2D eigenvalue weighted by Gasteiger charge is 2.23. The first-order valence-electron chi connectivity index (χ1n) is 7.16. The van der Waals surface area contributed by atoms with Gasteiger partial charge in [-0.05, 0) is 31.2 Å². The summed E-state index contributed by atoms with van der Waals surface area (Å²) in [5.41, 5.74) is 2.50. The number of rotatable bonds is 5. The third kappa shape index (κ3) is 3.73. The fourth-order valence-electron chi connectivity index (χ4n) is 2.62. The van der Waals surface area contributed by atoms with Crippen molar-refractivity contribution in [1.29, 1.82) is 0 Å². The predicted molar refractivity (Wildman–Crippen MR) is 85.3 cm³/mol. The van der Waals surface area contributed by atoms with E-state index in [-0.39, 0.29) is 12.7 Å². The van der Waals surface area contributed by atoms with Gasteiger partial charge in [0, 0.05) is 29.3 Å². The van der Waals surface area contributed by atoms with Crippen molar-refractivity contribution in [3.8, 4) is 0 Å². The average Bonchev–Trinajstić information content (AvgIpc) is 2.47. The first-order valence-corrected chi connectivity index (χ1v) is 7.95. The summed E-state index contributed by atoms with van der Waals surface area (Å²) >= 11 is 3.56. The van der Waals surface area contributed by atoms with Crippen LogP contribution in [-0.4, -0.2) is 44.1 Å². The number of nitrogens with zero attached hydrogens (tertiary/aromatic N) is 1. The van der Waals surface area contributed by atoms with Crippen LogP contribution in [0.25, 0.3) is 0 Å². The van der Waals surface area contributed by atoms with Crippen molar-refractivity contribution < 1.29 is 9.84 Å². The lowest BCUT2D eigenvalue weighted by molar-refractivity contribution is 0.00350. The molecule has 0 radical (unpaired) electrons. The fourth-order valence-corrected chi connectivity index (χ4v) is 2.97. The van der Waals surface area contributed by atoms with Gasteiger partial charge >= 0.3 is 0 Å². The van der Waals surface area contributed by atoms with Crippen LogP contribution in [0, 0.1) is 0 Å². The van der Waals surface area contributed by atoms with Crippen molar-refractivity contribution in [3.05, 3.63) is 28.2 Å². The maximum Gasteiger partial charge on any atom is 0.0980 e. The largest absolute Gasteiger partial charge is 0.394 e. The molecule has 0 aliphatic carbocycles. The molecular weight excluding hydrogens is 320 g/mol. The topological polar surface area (TPSA) is 44.7 Å². The zero-order valence-electron chi connectivity index (χ0n) is 12.1. The van der Waals surface area contributed by atoms with Crippen molar-refractivity contribution in [2.45, 2.75) is 26.0 Å². The molecule has 4 nitrogen and oxygen atoms in total. The maximum atomic E-state index is 9.30. The molecule has 0 amide bonds. The number of anilines is 1. The molecule has 2 N–H and O–H groups in total. The van der Waals surface area contributed by atoms with Gasteiger partial charge in [-0.25, -0.2) is 0 Å². The monoisotopic (exact) mass is 342 g/mol. The number of benzene rings is 1. The molecule has 0 aromatic heterocycles. The van der Waals surface area contributed by atoms with Crippen LogP contribution in [0.1, 0.15) is 25.5 Å². The molecule has 2 rings (SSSR count). The van der Waals surface area contributed by atoms with E-state index in [2.05, 4.69) is 58.2 Å². The molecule has 0 saturated carbocycles. The minimum absolute atomic E-state index is 0.0720. The Morgan fingerprint density at radius 2 is 2.35 bits per heavy atom. The summed E-state index contributed by atoms with van der Waals surface area (Å²) in [6.07, 6.45) is -0.0926. The number of halogens is 1. The Kier molecular flexibility index (Phi) is 5.84. The summed E-state index contributed by atoms with van der Waals surface area (Å²) in [5, 5.41) is 12.8. The summed E-state index contributed by atoms with van der Waals surface area (Å²) in [6.45, 7) is 7.57. The van der Waals surface area contributed by atoms with Crippen LogP contribution in [0.15, 0.2) is 22.7 Å². The second-order valence-corrected chi connectivity index (χ2v) is 6.02. The van der Waals surface area contributed by atoms with Crippen LogP contribution in [0.2, 0.25) is 0 Å². The fraction of sp³-hybridized carbons (Fsp3) is 0.600. The van der Waals surface area contributed by atoms with E-state index in [1.54, 1.807) is 0 Å². The van der Waals surface area contributed by atoms with Crippen LogP contribution in [0.4, 0.5) is 5.69 Å². The SMILES string of the molecule is CCNC(C)c1ccc(Br)cc1N1CCOC(CO)C1. The number of hydrogen-bond acceptors (Lipinski definition) is 4. The predicted octanol–water partition coefficient (Wildman–Crippen LogP) is 2.32. The third-order valence-electron chi connectivity index (χ3n) is 3.65. The van der Waals surface area contributed by atoms with E-state index in [1.807, 2.05) is 0 Å². The highest BCUT2D eigenvalue weighted by Crippen LogP contribution is 2.30. The summed E-state index contributed by atoms with van der Waals surface area (Å²) in [7, 11) is 0. The van der Waals surface area contributed by atoms with Crippen LogP contribution in [-0.2, 0) is 4.74 Å². The minimum Gasteiger partial charge on any atom is -0.394 e. The van der Waals surface area contributed by atoms with Gasteiger partial charge in [-0.3, -0.25) is 0 Å². The van der Waals surface area contributed by atoms with Crippen molar-refractivity contribution in [2.24, 2.45) is 0 Å². The second kappa shape index (κ2) is 7.41. The molecule has 5 heteroatoms. The Morgan fingerprint density at radius 3 is 3.05 bits per heavy atom. The number of nitrogens with one attached hydrogen (secondary N) is 1. The molecule has 1 saturated heterocycles. The Balaban J connectivity index is 2.26. The van der Waals surface area contributed by atoms with E-state index in [9.17, 15) is 5.11 Å². The van der Waals surface area contributed by atoms with E-state index in [0.29, 0.717) is 12.6 Å². The van der Waals surface area contributed by atoms with Gasteiger partial charge in [-0.2, -0.15) is 0 Å². The van der Waals surface area contributed by atoms with Gasteiger partial charge in [-0.15, -0.1) is 0 Å². The van der Waals surface area contributed by atoms with Gasteiger partial charge in [0.15, 0.2) is 0 Å². The zero-order chi connectivity index (χ0) is 14.5.